The highest BCUT2D eigenvalue weighted by molar-refractivity contribution is 5.54. The summed E-state index contributed by atoms with van der Waals surface area (Å²) in [4.78, 5) is 0. The Morgan fingerprint density at radius 1 is 1.36 bits per heavy atom. The van der Waals surface area contributed by atoms with Crippen LogP contribution in [0.3, 0.4) is 0 Å². The number of aryl methyl sites for hydroxylation is 1. The largest absolute Gasteiger partial charge is 0.871 e. The minimum atomic E-state index is -0.416. The van der Waals surface area contributed by atoms with Crippen molar-refractivity contribution in [2.24, 2.45) is 0 Å². The average molecular weight is 154 g/mol. The standard InChI is InChI=1S/C7H9NO3/c1-5-2-3-7(9)6(4-5)8(10)11/h2-4,9-11H,1H3/p-1. The first-order chi connectivity index (χ1) is 5.11. The van der Waals surface area contributed by atoms with E-state index in [4.69, 9.17) is 10.4 Å². The fraction of sp³-hybridized carbons (Fsp3) is 0.143. The first kappa shape index (κ1) is 7.84. The normalized spacial score (nSPS) is 9.73. The summed E-state index contributed by atoms with van der Waals surface area (Å²) in [5.74, 6) is -0.416. The molecule has 4 heteroatoms. The van der Waals surface area contributed by atoms with E-state index in [0.29, 0.717) is 0 Å². The van der Waals surface area contributed by atoms with E-state index in [-0.39, 0.29) is 10.9 Å². The second kappa shape index (κ2) is 2.77. The molecule has 0 aliphatic rings. The van der Waals surface area contributed by atoms with Crippen LogP contribution in [0, 0.1) is 6.92 Å². The van der Waals surface area contributed by atoms with E-state index in [0.717, 1.165) is 5.56 Å². The Kier molecular flexibility index (Phi) is 1.98. The van der Waals surface area contributed by atoms with Crippen molar-refractivity contribution < 1.29 is 15.5 Å². The number of rotatable bonds is 1. The smallest absolute Gasteiger partial charge is 0.0867 e. The summed E-state index contributed by atoms with van der Waals surface area (Å²) in [5, 5.41) is 27.7. The monoisotopic (exact) mass is 154 g/mol. The first-order valence-corrected chi connectivity index (χ1v) is 3.07. The number of hydrogen-bond donors (Lipinski definition) is 2. The van der Waals surface area contributed by atoms with Crippen LogP contribution < -0.4 is 10.3 Å². The highest BCUT2D eigenvalue weighted by Gasteiger charge is 1.98. The SMILES string of the molecule is Cc1ccc([O-])c(N(O)O)c1. The zero-order chi connectivity index (χ0) is 8.43. The Morgan fingerprint density at radius 2 is 2.00 bits per heavy atom. The lowest BCUT2D eigenvalue weighted by atomic mass is 10.2. The van der Waals surface area contributed by atoms with Gasteiger partial charge in [0.2, 0.25) is 0 Å². The number of nitrogens with zero attached hydrogens (tertiary/aromatic N) is 1. The van der Waals surface area contributed by atoms with Gasteiger partial charge in [-0.3, -0.25) is 10.4 Å². The van der Waals surface area contributed by atoms with E-state index < -0.39 is 5.75 Å². The van der Waals surface area contributed by atoms with E-state index in [1.165, 1.54) is 12.1 Å². The molecule has 60 valence electrons. The molecule has 0 aliphatic carbocycles. The van der Waals surface area contributed by atoms with Crippen LogP contribution in [-0.4, -0.2) is 10.4 Å². The molecule has 0 saturated carbocycles. The summed E-state index contributed by atoms with van der Waals surface area (Å²) < 4.78 is 0. The third-order valence-corrected chi connectivity index (χ3v) is 1.33. The Labute approximate surface area is 63.8 Å². The Bertz CT molecular complexity index is 260. The Morgan fingerprint density at radius 3 is 2.45 bits per heavy atom. The van der Waals surface area contributed by atoms with Gasteiger partial charge in [-0.1, -0.05) is 17.9 Å². The fourth-order valence-corrected chi connectivity index (χ4v) is 0.784. The zero-order valence-corrected chi connectivity index (χ0v) is 5.98. The highest BCUT2D eigenvalue weighted by atomic mass is 16.8. The maximum atomic E-state index is 10.9. The molecule has 1 aromatic rings. The quantitative estimate of drug-likeness (QED) is 0.583. The number of anilines is 1. The number of benzene rings is 1. The van der Waals surface area contributed by atoms with Gasteiger partial charge in [-0.05, 0) is 18.6 Å². The van der Waals surface area contributed by atoms with E-state index in [1.54, 1.807) is 13.0 Å². The van der Waals surface area contributed by atoms with E-state index in [9.17, 15) is 5.11 Å². The minimum Gasteiger partial charge on any atom is -0.871 e. The van der Waals surface area contributed by atoms with Gasteiger partial charge in [-0.25, -0.2) is 0 Å². The lowest BCUT2D eigenvalue weighted by molar-refractivity contribution is -0.268. The summed E-state index contributed by atoms with van der Waals surface area (Å²) >= 11 is 0. The van der Waals surface area contributed by atoms with Crippen LogP contribution in [0.15, 0.2) is 18.2 Å². The van der Waals surface area contributed by atoms with Gasteiger partial charge in [0.15, 0.2) is 0 Å². The fourth-order valence-electron chi connectivity index (χ4n) is 0.784. The molecule has 0 aliphatic heterocycles. The third-order valence-electron chi connectivity index (χ3n) is 1.33. The van der Waals surface area contributed by atoms with Crippen LogP contribution in [-0.2, 0) is 0 Å². The molecule has 1 aromatic carbocycles. The van der Waals surface area contributed by atoms with Crippen LogP contribution in [0.5, 0.6) is 5.75 Å². The molecular formula is C7H8NO3-. The van der Waals surface area contributed by atoms with Crippen LogP contribution in [0.1, 0.15) is 5.56 Å². The third kappa shape index (κ3) is 1.60. The number of hydrogen-bond acceptors (Lipinski definition) is 4. The Balaban J connectivity index is 3.13. The summed E-state index contributed by atoms with van der Waals surface area (Å²) in [5.41, 5.74) is 0.665. The van der Waals surface area contributed by atoms with Crippen LogP contribution >= 0.6 is 0 Å². The van der Waals surface area contributed by atoms with E-state index in [1.807, 2.05) is 0 Å². The van der Waals surface area contributed by atoms with Crippen LogP contribution in [0.25, 0.3) is 0 Å². The van der Waals surface area contributed by atoms with Gasteiger partial charge in [-0.2, -0.15) is 0 Å². The molecule has 2 N–H and O–H groups in total. The minimum absolute atomic E-state index is 0.134. The molecule has 4 nitrogen and oxygen atoms in total. The maximum Gasteiger partial charge on any atom is 0.0867 e. The van der Waals surface area contributed by atoms with Gasteiger partial charge < -0.3 is 5.11 Å². The van der Waals surface area contributed by atoms with Crippen molar-refractivity contribution in [3.05, 3.63) is 23.8 Å². The second-order valence-electron chi connectivity index (χ2n) is 2.26. The molecule has 0 bridgehead atoms. The van der Waals surface area contributed by atoms with Crippen LogP contribution in [0.2, 0.25) is 0 Å². The topological polar surface area (TPSA) is 66.8 Å². The summed E-state index contributed by atoms with van der Waals surface area (Å²) in [7, 11) is 0. The Hall–Kier alpha value is -1.26. The van der Waals surface area contributed by atoms with Gasteiger partial charge in [-0.15, -0.1) is 5.23 Å². The van der Waals surface area contributed by atoms with Crippen molar-refractivity contribution in [2.45, 2.75) is 6.92 Å². The molecular weight excluding hydrogens is 146 g/mol. The average Bonchev–Trinajstić information content (AvgIpc) is 1.94. The van der Waals surface area contributed by atoms with Crippen LogP contribution in [0.4, 0.5) is 5.69 Å². The van der Waals surface area contributed by atoms with Crippen molar-refractivity contribution in [3.63, 3.8) is 0 Å². The molecule has 0 atom stereocenters. The van der Waals surface area contributed by atoms with Gasteiger partial charge in [0.05, 0.1) is 5.69 Å². The van der Waals surface area contributed by atoms with Crippen molar-refractivity contribution in [1.29, 1.82) is 0 Å². The van der Waals surface area contributed by atoms with Gasteiger partial charge in [0.1, 0.15) is 0 Å². The van der Waals surface area contributed by atoms with Crippen molar-refractivity contribution >= 4 is 5.69 Å². The lowest BCUT2D eigenvalue weighted by Crippen LogP contribution is -2.13. The van der Waals surface area contributed by atoms with E-state index in [2.05, 4.69) is 0 Å². The van der Waals surface area contributed by atoms with Gasteiger partial charge in [0, 0.05) is 0 Å². The van der Waals surface area contributed by atoms with Crippen molar-refractivity contribution in [2.75, 3.05) is 5.23 Å². The van der Waals surface area contributed by atoms with Gasteiger partial charge in [0.25, 0.3) is 0 Å². The molecule has 1 rings (SSSR count). The van der Waals surface area contributed by atoms with Gasteiger partial charge >= 0.3 is 0 Å². The highest BCUT2D eigenvalue weighted by Crippen LogP contribution is 2.22. The molecule has 0 saturated heterocycles. The molecule has 0 fully saturated rings. The van der Waals surface area contributed by atoms with Crippen molar-refractivity contribution in [3.8, 4) is 5.75 Å². The lowest BCUT2D eigenvalue weighted by Gasteiger charge is -2.16. The maximum absolute atomic E-state index is 10.9. The predicted molar refractivity (Wildman–Crippen MR) is 36.7 cm³/mol. The second-order valence-corrected chi connectivity index (χ2v) is 2.26. The van der Waals surface area contributed by atoms with E-state index >= 15 is 0 Å². The molecule has 0 spiro atoms. The molecule has 11 heavy (non-hydrogen) atoms. The summed E-state index contributed by atoms with van der Waals surface area (Å²) in [6.45, 7) is 1.76. The molecule has 0 unspecified atom stereocenters. The van der Waals surface area contributed by atoms with Crippen molar-refractivity contribution in [1.82, 2.24) is 0 Å². The molecule has 0 heterocycles. The molecule has 0 radical (unpaired) electrons. The molecule has 0 amide bonds. The summed E-state index contributed by atoms with van der Waals surface area (Å²) in [6, 6.07) is 4.28. The summed E-state index contributed by atoms with van der Waals surface area (Å²) in [6.07, 6.45) is 0. The predicted octanol–water partition coefficient (Wildman–Crippen LogP) is 0.653. The zero-order valence-electron chi connectivity index (χ0n) is 5.98. The molecule has 0 aromatic heterocycles. The first-order valence-electron chi connectivity index (χ1n) is 3.07.